The first-order chi connectivity index (χ1) is 15.3. The van der Waals surface area contributed by atoms with Gasteiger partial charge in [-0.25, -0.2) is 4.79 Å². The zero-order valence-electron chi connectivity index (χ0n) is 17.6. The molecule has 0 aliphatic rings. The molecule has 3 rings (SSSR count). The van der Waals surface area contributed by atoms with Crippen LogP contribution in [0.2, 0.25) is 0 Å². The van der Waals surface area contributed by atoms with E-state index in [0.29, 0.717) is 16.9 Å². The first-order valence-electron chi connectivity index (χ1n) is 9.77. The smallest absolute Gasteiger partial charge is 0.409 e. The molecule has 2 unspecified atom stereocenters. The lowest BCUT2D eigenvalue weighted by Crippen LogP contribution is -2.27. The summed E-state index contributed by atoms with van der Waals surface area (Å²) < 4.78 is 20.9. The van der Waals surface area contributed by atoms with E-state index in [9.17, 15) is 14.2 Å². The first-order valence-corrected chi connectivity index (χ1v) is 12.5. The van der Waals surface area contributed by atoms with Crippen LogP contribution in [0.5, 0.6) is 0 Å². The van der Waals surface area contributed by atoms with E-state index < -0.39 is 20.4 Å². The molecule has 1 heterocycles. The molecule has 0 saturated carbocycles. The number of nitrogens with one attached hydrogen (secondary N) is 2. The third-order valence-corrected chi connectivity index (χ3v) is 5.95. The van der Waals surface area contributed by atoms with Gasteiger partial charge in [-0.3, -0.25) is 13.9 Å². The van der Waals surface area contributed by atoms with Gasteiger partial charge in [-0.2, -0.15) is 0 Å². The van der Waals surface area contributed by atoms with Crippen LogP contribution in [0.3, 0.4) is 0 Å². The van der Waals surface area contributed by atoms with E-state index in [4.69, 9.17) is 15.0 Å². The number of thiophene rings is 1. The quantitative estimate of drug-likeness (QED) is 0.242. The molecule has 0 saturated heterocycles. The van der Waals surface area contributed by atoms with Crippen molar-refractivity contribution in [1.29, 1.82) is 0 Å². The highest BCUT2D eigenvalue weighted by Gasteiger charge is 2.12. The van der Waals surface area contributed by atoms with Gasteiger partial charge in [-0.1, -0.05) is 24.3 Å². The molecule has 10 heteroatoms. The highest BCUT2D eigenvalue weighted by Crippen LogP contribution is 2.30. The van der Waals surface area contributed by atoms with Crippen LogP contribution in [0.1, 0.15) is 22.8 Å². The van der Waals surface area contributed by atoms with Crippen LogP contribution in [-0.4, -0.2) is 25.0 Å². The summed E-state index contributed by atoms with van der Waals surface area (Å²) >= 11 is 1.61. The Hall–Kier alpha value is -3.13. The number of hydrogen-bond acceptors (Lipinski definition) is 7. The van der Waals surface area contributed by atoms with E-state index in [1.54, 1.807) is 41.7 Å². The zero-order chi connectivity index (χ0) is 23.1. The zero-order valence-corrected chi connectivity index (χ0v) is 19.4. The number of alkyl carbamates (subject to hydrolysis) is 1. The number of amides is 2. The molecule has 8 nitrogen and oxygen atoms in total. The number of ether oxygens (including phenoxy) is 1. The van der Waals surface area contributed by atoms with Gasteiger partial charge >= 0.3 is 6.09 Å². The van der Waals surface area contributed by atoms with Gasteiger partial charge in [0.15, 0.2) is 8.03 Å². The standard InChI is InChI=1S/C22H24N3O5PS/c1-14(30-31(2)28)29-22(27)24-13-15-5-7-16(8-6-15)21(26)25-19-12-17(9-10-18(19)23)20-4-3-11-32-20/h3-12,14,31H,13,23H2,1-2H3,(H,24,27)(H,25,26). The van der Waals surface area contributed by atoms with Crippen molar-refractivity contribution >= 4 is 42.7 Å². The van der Waals surface area contributed by atoms with Crippen molar-refractivity contribution in [2.24, 2.45) is 0 Å². The van der Waals surface area contributed by atoms with E-state index in [1.165, 1.54) is 13.6 Å². The number of rotatable bonds is 8. The predicted molar refractivity (Wildman–Crippen MR) is 127 cm³/mol. The minimum atomic E-state index is -2.20. The third kappa shape index (κ3) is 6.68. The Morgan fingerprint density at radius 1 is 1.16 bits per heavy atom. The maximum atomic E-state index is 12.7. The fourth-order valence-corrected chi connectivity index (χ4v) is 4.09. The number of nitrogen functional groups attached to an aromatic ring is 1. The summed E-state index contributed by atoms with van der Waals surface area (Å²) in [7, 11) is -2.20. The molecule has 2 aromatic carbocycles. The van der Waals surface area contributed by atoms with Gasteiger partial charge in [0.1, 0.15) is 0 Å². The normalized spacial score (nSPS) is 12.6. The van der Waals surface area contributed by atoms with Crippen LogP contribution < -0.4 is 16.4 Å². The lowest BCUT2D eigenvalue weighted by atomic mass is 10.1. The van der Waals surface area contributed by atoms with E-state index in [0.717, 1.165) is 16.0 Å². The van der Waals surface area contributed by atoms with Gasteiger partial charge in [0.2, 0.25) is 6.29 Å². The number of benzene rings is 2. The van der Waals surface area contributed by atoms with E-state index in [1.807, 2.05) is 29.6 Å². The van der Waals surface area contributed by atoms with Crippen LogP contribution in [0.15, 0.2) is 60.0 Å². The Balaban J connectivity index is 1.57. The van der Waals surface area contributed by atoms with Crippen molar-refractivity contribution in [3.8, 4) is 10.4 Å². The number of hydrogen-bond donors (Lipinski definition) is 3. The second kappa shape index (κ2) is 10.9. The summed E-state index contributed by atoms with van der Waals surface area (Å²) in [6.07, 6.45) is -1.59. The summed E-state index contributed by atoms with van der Waals surface area (Å²) in [6, 6.07) is 16.3. The molecule has 168 valence electrons. The van der Waals surface area contributed by atoms with Gasteiger partial charge in [0, 0.05) is 23.7 Å². The monoisotopic (exact) mass is 473 g/mol. The predicted octanol–water partition coefficient (Wildman–Crippen LogP) is 4.94. The molecule has 32 heavy (non-hydrogen) atoms. The largest absolute Gasteiger partial charge is 0.420 e. The summed E-state index contributed by atoms with van der Waals surface area (Å²) in [4.78, 5) is 25.5. The summed E-state index contributed by atoms with van der Waals surface area (Å²) in [5.41, 5.74) is 9.25. The third-order valence-electron chi connectivity index (χ3n) is 4.37. The average Bonchev–Trinajstić information content (AvgIpc) is 3.28. The van der Waals surface area contributed by atoms with E-state index in [2.05, 4.69) is 10.6 Å². The Morgan fingerprint density at radius 2 is 1.91 bits per heavy atom. The maximum Gasteiger partial charge on any atom is 0.409 e. The van der Waals surface area contributed by atoms with Crippen LogP contribution >= 0.6 is 19.4 Å². The van der Waals surface area contributed by atoms with Gasteiger partial charge in [-0.05, 0) is 53.8 Å². The fraction of sp³-hybridized carbons (Fsp3) is 0.182. The lowest BCUT2D eigenvalue weighted by molar-refractivity contribution is -0.0124. The Labute approximate surface area is 190 Å². The molecule has 2 amide bonds. The molecular formula is C22H24N3O5PS. The second-order valence-corrected chi connectivity index (χ2v) is 9.03. The number of carbonyl (C=O) groups is 2. The van der Waals surface area contributed by atoms with Crippen molar-refractivity contribution in [1.82, 2.24) is 5.32 Å². The minimum absolute atomic E-state index is 0.199. The molecular weight excluding hydrogens is 449 g/mol. The average molecular weight is 473 g/mol. The second-order valence-electron chi connectivity index (χ2n) is 6.87. The van der Waals surface area contributed by atoms with Crippen LogP contribution in [0.4, 0.5) is 16.2 Å². The van der Waals surface area contributed by atoms with E-state index in [-0.39, 0.29) is 12.5 Å². The molecule has 0 aliphatic carbocycles. The molecule has 0 fully saturated rings. The number of carbonyl (C=O) groups excluding carboxylic acids is 2. The van der Waals surface area contributed by atoms with Crippen LogP contribution in [0.25, 0.3) is 10.4 Å². The highest BCUT2D eigenvalue weighted by molar-refractivity contribution is 7.38. The van der Waals surface area contributed by atoms with Gasteiger partial charge < -0.3 is 21.1 Å². The molecule has 0 aliphatic heterocycles. The first kappa shape index (κ1) is 23.5. The van der Waals surface area contributed by atoms with E-state index >= 15 is 0 Å². The Bertz CT molecular complexity index is 1100. The lowest BCUT2D eigenvalue weighted by Gasteiger charge is -2.13. The Morgan fingerprint density at radius 3 is 2.56 bits per heavy atom. The van der Waals surface area contributed by atoms with Gasteiger partial charge in [0.05, 0.1) is 11.4 Å². The minimum Gasteiger partial charge on any atom is -0.420 e. The van der Waals surface area contributed by atoms with Crippen molar-refractivity contribution in [3.05, 3.63) is 71.1 Å². The molecule has 2 atom stereocenters. The summed E-state index contributed by atoms with van der Waals surface area (Å²) in [6.45, 7) is 3.10. The number of nitrogens with two attached hydrogens (primary N) is 1. The van der Waals surface area contributed by atoms with Crippen LogP contribution in [0, 0.1) is 0 Å². The topological polar surface area (TPSA) is 120 Å². The summed E-state index contributed by atoms with van der Waals surface area (Å²) in [5.74, 6) is -0.292. The highest BCUT2D eigenvalue weighted by atomic mass is 32.1. The fourth-order valence-electron chi connectivity index (χ4n) is 2.85. The van der Waals surface area contributed by atoms with Crippen molar-refractivity contribution in [2.45, 2.75) is 19.8 Å². The van der Waals surface area contributed by atoms with Crippen molar-refractivity contribution in [3.63, 3.8) is 0 Å². The van der Waals surface area contributed by atoms with Gasteiger partial charge in [-0.15, -0.1) is 11.3 Å². The van der Waals surface area contributed by atoms with Gasteiger partial charge in [0.25, 0.3) is 5.91 Å². The molecule has 3 aromatic rings. The molecule has 0 spiro atoms. The molecule has 0 bridgehead atoms. The van der Waals surface area contributed by atoms with Crippen molar-refractivity contribution in [2.75, 3.05) is 17.7 Å². The molecule has 4 N–H and O–H groups in total. The summed E-state index contributed by atoms with van der Waals surface area (Å²) in [5, 5.41) is 7.41. The molecule has 1 aromatic heterocycles. The Kier molecular flexibility index (Phi) is 8.05. The van der Waals surface area contributed by atoms with Crippen LogP contribution in [-0.2, 0) is 20.4 Å². The van der Waals surface area contributed by atoms with Crippen molar-refractivity contribution < 1.29 is 23.4 Å². The SMILES string of the molecule is CC(OC(=O)NCc1ccc(C(=O)Nc2cc(-c3cccs3)ccc2N)cc1)O[PH](C)=O. The molecule has 0 radical (unpaired) electrons. The number of anilines is 2. The maximum absolute atomic E-state index is 12.7.